The van der Waals surface area contributed by atoms with Crippen LogP contribution in [-0.4, -0.2) is 56.4 Å². The number of H-pyrrole nitrogens is 1. The van der Waals surface area contributed by atoms with Crippen molar-refractivity contribution in [3.8, 4) is 17.0 Å². The predicted octanol–water partition coefficient (Wildman–Crippen LogP) is 4.50. The minimum absolute atomic E-state index is 0.0104. The Hall–Kier alpha value is -3.19. The minimum atomic E-state index is -0.0104. The SMILES string of the molecule is C=CC(=O)N1C2COCC1CC(c1[nH]c3nnc(-c4ccccc4O)cc3c1C(C)CC)C2. The zero-order valence-corrected chi connectivity index (χ0v) is 19.1. The smallest absolute Gasteiger partial charge is 0.246 e. The Morgan fingerprint density at radius 3 is 2.70 bits per heavy atom. The van der Waals surface area contributed by atoms with E-state index in [-0.39, 0.29) is 29.7 Å². The third-order valence-corrected chi connectivity index (χ3v) is 7.27. The number of carbonyl (C=O) groups is 1. The number of phenols is 1. The maximum absolute atomic E-state index is 12.5. The third-order valence-electron chi connectivity index (χ3n) is 7.27. The van der Waals surface area contributed by atoms with E-state index in [2.05, 4.69) is 35.6 Å². The van der Waals surface area contributed by atoms with Gasteiger partial charge in [0.2, 0.25) is 5.91 Å². The number of aromatic amines is 1. The van der Waals surface area contributed by atoms with Crippen LogP contribution in [-0.2, 0) is 9.53 Å². The number of aromatic nitrogens is 3. The Labute approximate surface area is 193 Å². The van der Waals surface area contributed by atoms with Gasteiger partial charge in [-0.3, -0.25) is 4.79 Å². The van der Waals surface area contributed by atoms with Crippen LogP contribution in [0.3, 0.4) is 0 Å². The fraction of sp³-hybridized carbons (Fsp3) is 0.423. The second kappa shape index (κ2) is 8.63. The van der Waals surface area contributed by atoms with Gasteiger partial charge >= 0.3 is 0 Å². The lowest BCUT2D eigenvalue weighted by Crippen LogP contribution is -2.58. The van der Waals surface area contributed by atoms with Crippen LogP contribution in [0.4, 0.5) is 0 Å². The number of amides is 1. The largest absolute Gasteiger partial charge is 0.507 e. The van der Waals surface area contributed by atoms with Crippen molar-refractivity contribution in [1.29, 1.82) is 0 Å². The summed E-state index contributed by atoms with van der Waals surface area (Å²) < 4.78 is 5.79. The van der Waals surface area contributed by atoms with Crippen molar-refractivity contribution in [2.75, 3.05) is 13.2 Å². The number of hydrogen-bond donors (Lipinski definition) is 2. The number of morpholine rings is 1. The van der Waals surface area contributed by atoms with Crippen molar-refractivity contribution >= 4 is 16.9 Å². The van der Waals surface area contributed by atoms with Crippen LogP contribution in [0, 0.1) is 0 Å². The molecule has 4 heterocycles. The fourth-order valence-electron chi connectivity index (χ4n) is 5.52. The number of hydrogen-bond acceptors (Lipinski definition) is 5. The molecule has 2 aromatic heterocycles. The molecular weight excluding hydrogens is 416 g/mol. The standard InChI is InChI=1S/C26H30N4O3/c1-4-15(3)24-20-12-21(19-8-6-7-9-22(19)31)28-29-26(20)27-25(24)16-10-17-13-33-14-18(11-16)30(17)23(32)5-2/h5-9,12,15-18,31H,2,4,10-11,13-14H2,1,3H3,(H,27,29). The summed E-state index contributed by atoms with van der Waals surface area (Å²) in [4.78, 5) is 18.0. The lowest BCUT2D eigenvalue weighted by Gasteiger charge is -2.48. The molecule has 2 bridgehead atoms. The molecule has 3 unspecified atom stereocenters. The van der Waals surface area contributed by atoms with Gasteiger partial charge in [0.1, 0.15) is 5.75 Å². The first-order chi connectivity index (χ1) is 16.0. The zero-order chi connectivity index (χ0) is 23.1. The molecule has 0 saturated carbocycles. The van der Waals surface area contributed by atoms with Crippen molar-refractivity contribution in [2.24, 2.45) is 0 Å². The number of piperidine rings is 1. The molecule has 0 radical (unpaired) electrons. The summed E-state index contributed by atoms with van der Waals surface area (Å²) in [5.74, 6) is 0.798. The summed E-state index contributed by atoms with van der Waals surface area (Å²) in [7, 11) is 0. The molecule has 2 N–H and O–H groups in total. The second-order valence-electron chi connectivity index (χ2n) is 9.23. The minimum Gasteiger partial charge on any atom is -0.507 e. The third kappa shape index (κ3) is 3.70. The van der Waals surface area contributed by atoms with Crippen molar-refractivity contribution in [3.63, 3.8) is 0 Å². The molecule has 1 amide bonds. The first-order valence-electron chi connectivity index (χ1n) is 11.7. The van der Waals surface area contributed by atoms with Crippen LogP contribution < -0.4 is 0 Å². The number of benzene rings is 1. The van der Waals surface area contributed by atoms with Crippen LogP contribution in [0.2, 0.25) is 0 Å². The van der Waals surface area contributed by atoms with E-state index in [1.807, 2.05) is 23.1 Å². The predicted molar refractivity (Wildman–Crippen MR) is 127 cm³/mol. The number of nitrogens with one attached hydrogen (secondary N) is 1. The van der Waals surface area contributed by atoms with Gasteiger partial charge in [0.05, 0.1) is 31.0 Å². The Kier molecular flexibility index (Phi) is 5.66. The Bertz CT molecular complexity index is 1190. The molecule has 0 aliphatic carbocycles. The topological polar surface area (TPSA) is 91.3 Å². The molecule has 0 spiro atoms. The summed E-state index contributed by atoms with van der Waals surface area (Å²) in [5, 5.41) is 20.3. The molecule has 2 aliphatic heterocycles. The van der Waals surface area contributed by atoms with Crippen LogP contribution in [0.25, 0.3) is 22.3 Å². The maximum Gasteiger partial charge on any atom is 0.246 e. The molecule has 3 aromatic rings. The highest BCUT2D eigenvalue weighted by Crippen LogP contribution is 2.43. The van der Waals surface area contributed by atoms with Gasteiger partial charge < -0.3 is 19.7 Å². The molecule has 5 rings (SSSR count). The van der Waals surface area contributed by atoms with Crippen LogP contribution in [0.1, 0.15) is 56.2 Å². The molecule has 2 aliphatic rings. The van der Waals surface area contributed by atoms with Gasteiger partial charge in [-0.2, -0.15) is 0 Å². The van der Waals surface area contributed by atoms with E-state index in [9.17, 15) is 9.90 Å². The quantitative estimate of drug-likeness (QED) is 0.563. The van der Waals surface area contributed by atoms with Crippen molar-refractivity contribution in [1.82, 2.24) is 20.1 Å². The Morgan fingerprint density at radius 2 is 2.03 bits per heavy atom. The van der Waals surface area contributed by atoms with E-state index in [0.717, 1.165) is 30.3 Å². The molecule has 3 atom stereocenters. The molecule has 33 heavy (non-hydrogen) atoms. The number of para-hydroxylation sites is 1. The monoisotopic (exact) mass is 446 g/mol. The van der Waals surface area contributed by atoms with Gasteiger partial charge in [-0.25, -0.2) is 0 Å². The summed E-state index contributed by atoms with van der Waals surface area (Å²) in [6, 6.07) is 9.35. The molecular formula is C26H30N4O3. The number of aromatic hydroxyl groups is 1. The molecule has 1 aromatic carbocycles. The van der Waals surface area contributed by atoms with E-state index >= 15 is 0 Å². The van der Waals surface area contributed by atoms with Gasteiger partial charge in [-0.05, 0) is 55.0 Å². The van der Waals surface area contributed by atoms with E-state index in [1.54, 1.807) is 12.1 Å². The highest BCUT2D eigenvalue weighted by molar-refractivity contribution is 5.88. The summed E-state index contributed by atoms with van der Waals surface area (Å²) in [6.45, 7) is 9.24. The Morgan fingerprint density at radius 1 is 1.30 bits per heavy atom. The summed E-state index contributed by atoms with van der Waals surface area (Å²) in [6.07, 6.45) is 4.09. The number of carbonyl (C=O) groups excluding carboxylic acids is 1. The zero-order valence-electron chi connectivity index (χ0n) is 19.1. The van der Waals surface area contributed by atoms with Crippen molar-refractivity contribution in [2.45, 2.75) is 57.0 Å². The van der Waals surface area contributed by atoms with Gasteiger partial charge in [-0.1, -0.05) is 32.6 Å². The van der Waals surface area contributed by atoms with Gasteiger partial charge in [-0.15, -0.1) is 10.2 Å². The number of phenolic OH excluding ortho intramolecular Hbond substituents is 1. The van der Waals surface area contributed by atoms with Crippen molar-refractivity contribution < 1.29 is 14.6 Å². The summed E-state index contributed by atoms with van der Waals surface area (Å²) in [5.41, 5.74) is 4.57. The number of nitrogens with zero attached hydrogens (tertiary/aromatic N) is 3. The lowest BCUT2D eigenvalue weighted by atomic mass is 9.80. The number of rotatable bonds is 5. The molecule has 172 valence electrons. The van der Waals surface area contributed by atoms with Crippen LogP contribution in [0.5, 0.6) is 5.75 Å². The summed E-state index contributed by atoms with van der Waals surface area (Å²) >= 11 is 0. The lowest BCUT2D eigenvalue weighted by molar-refractivity contribution is -0.146. The first kappa shape index (κ1) is 21.6. The van der Waals surface area contributed by atoms with Crippen LogP contribution in [0.15, 0.2) is 43.0 Å². The normalized spacial score (nSPS) is 23.5. The number of fused-ring (bicyclic) bond motifs is 3. The molecule has 2 saturated heterocycles. The second-order valence-corrected chi connectivity index (χ2v) is 9.23. The van der Waals surface area contributed by atoms with Gasteiger partial charge in [0, 0.05) is 22.6 Å². The van der Waals surface area contributed by atoms with Crippen LogP contribution >= 0.6 is 0 Å². The molecule has 7 heteroatoms. The molecule has 7 nitrogen and oxygen atoms in total. The first-order valence-corrected chi connectivity index (χ1v) is 11.7. The highest BCUT2D eigenvalue weighted by Gasteiger charge is 2.42. The van der Waals surface area contributed by atoms with E-state index in [4.69, 9.17) is 4.74 Å². The molecule has 2 fully saturated rings. The average molecular weight is 447 g/mol. The van der Waals surface area contributed by atoms with Gasteiger partial charge in [0.25, 0.3) is 0 Å². The van der Waals surface area contributed by atoms with Gasteiger partial charge in [0.15, 0.2) is 5.65 Å². The number of ether oxygens (including phenoxy) is 1. The fourth-order valence-corrected chi connectivity index (χ4v) is 5.52. The van der Waals surface area contributed by atoms with E-state index in [1.165, 1.54) is 17.3 Å². The highest BCUT2D eigenvalue weighted by atomic mass is 16.5. The maximum atomic E-state index is 12.5. The van der Waals surface area contributed by atoms with E-state index < -0.39 is 0 Å². The van der Waals surface area contributed by atoms with Crippen molar-refractivity contribution in [3.05, 3.63) is 54.2 Å². The Balaban J connectivity index is 1.58. The van der Waals surface area contributed by atoms with E-state index in [0.29, 0.717) is 30.4 Å². The average Bonchev–Trinajstić information content (AvgIpc) is 3.21.